The average Bonchev–Trinajstić information content (AvgIpc) is 3.23. The van der Waals surface area contributed by atoms with Gasteiger partial charge in [0.25, 0.3) is 11.8 Å². The van der Waals surface area contributed by atoms with Crippen LogP contribution in [0.2, 0.25) is 0 Å². The van der Waals surface area contributed by atoms with Crippen molar-refractivity contribution in [3.05, 3.63) is 118 Å². The lowest BCUT2D eigenvalue weighted by Crippen LogP contribution is -2.31. The molecule has 468 valence electrons. The molecule has 85 heavy (non-hydrogen) atoms. The number of imide groups is 1. The first-order valence-electron chi connectivity index (χ1n) is 28.0. The number of hydroxylamine groups is 2. The number of esters is 4. The topological polar surface area (TPSA) is 246 Å². The zero-order valence-electron chi connectivity index (χ0n) is 51.4. The van der Waals surface area contributed by atoms with E-state index in [1.807, 2.05) is 0 Å². The molecule has 0 aliphatic carbocycles. The van der Waals surface area contributed by atoms with Crippen LogP contribution < -0.4 is 4.74 Å². The molecule has 21 nitrogen and oxygen atoms in total. The number of rotatable bonds is 34. The number of amides is 2. The Morgan fingerprint density at radius 1 is 0.400 bits per heavy atom. The first kappa shape index (κ1) is 72.2. The van der Waals surface area contributed by atoms with Gasteiger partial charge in [0.15, 0.2) is 0 Å². The summed E-state index contributed by atoms with van der Waals surface area (Å²) in [5, 5.41) is 10.8. The fourth-order valence-electron chi connectivity index (χ4n) is 6.81. The monoisotopic (exact) mass is 1190 g/mol. The third kappa shape index (κ3) is 33.3. The lowest BCUT2D eigenvalue weighted by Gasteiger charge is -2.18. The van der Waals surface area contributed by atoms with Crippen molar-refractivity contribution in [2.24, 2.45) is 0 Å². The van der Waals surface area contributed by atoms with Gasteiger partial charge in [-0.25, -0.2) is 19.2 Å². The maximum Gasteiger partial charge on any atom is 0.331 e. The Hall–Kier alpha value is -7.08. The molecule has 0 bridgehead atoms. The van der Waals surface area contributed by atoms with Crippen LogP contribution in [-0.2, 0) is 76.1 Å². The van der Waals surface area contributed by atoms with Crippen LogP contribution in [0.15, 0.2) is 85.0 Å². The number of aromatic hydroxyl groups is 1. The van der Waals surface area contributed by atoms with Crippen molar-refractivity contribution in [2.45, 2.75) is 105 Å². The molecule has 3 aromatic carbocycles. The van der Waals surface area contributed by atoms with E-state index in [1.165, 1.54) is 36.4 Å². The van der Waals surface area contributed by atoms with Crippen molar-refractivity contribution in [1.29, 1.82) is 0 Å². The fourth-order valence-corrected chi connectivity index (χ4v) is 6.81. The highest BCUT2D eigenvalue weighted by Crippen LogP contribution is 2.26. The Morgan fingerprint density at radius 2 is 0.706 bits per heavy atom. The maximum absolute atomic E-state index is 12.2. The zero-order valence-corrected chi connectivity index (χ0v) is 51.4. The number of carbonyl (C=O) groups excluding carboxylic acids is 6. The largest absolute Gasteiger partial charge is 0.507 e. The SMILES string of the molecule is CC(C)(C)OC(=O)/C=C/c1ccc(/C=C/C(=O)OC(C)(C)C)c(O)c1.CC(C)(C)OC(=O)/C=C/c1ccc(/C=C/C(=O)OC(C)(C)C)c(OCCOCCOCCOCCOCCOCCOCCOCCON2C(=O)c3ccccc3C2=O)c1. The van der Waals surface area contributed by atoms with Gasteiger partial charge in [-0.05, 0) is 143 Å². The van der Waals surface area contributed by atoms with Crippen LogP contribution in [0.5, 0.6) is 11.5 Å². The standard InChI is InChI=1S/C44H61NO15.C20H26O5/c1-43(2,3)59-39(46)15-12-34-11-13-35(14-16-40(47)60-44(4,5)6)38(33-34)57-31-29-55-27-25-53-23-21-51-19-17-50-18-20-52-22-24-54-26-28-56-30-32-58-45-41(48)36-9-7-8-10-37(36)42(45)49;1-19(2,3)24-17(22)11-8-14-7-9-15(16(21)13-14)10-12-18(23)25-20(4,5)6/h7-16,33H,17-32H2,1-6H3;7-13,21H,1-6H3/b15-12+,16-14+;11-8+,12-10+. The Labute approximate surface area is 500 Å². The number of nitrogens with zero attached hydrogens (tertiary/aromatic N) is 1. The van der Waals surface area contributed by atoms with E-state index in [0.29, 0.717) is 125 Å². The molecule has 0 saturated heterocycles. The Bertz CT molecular complexity index is 2660. The van der Waals surface area contributed by atoms with Crippen molar-refractivity contribution < 1.29 is 95.6 Å². The van der Waals surface area contributed by atoms with Gasteiger partial charge in [0.1, 0.15) is 40.5 Å². The Balaban J connectivity index is 0.000000630. The highest BCUT2D eigenvalue weighted by Gasteiger charge is 2.36. The predicted octanol–water partition coefficient (Wildman–Crippen LogP) is 9.22. The summed E-state index contributed by atoms with van der Waals surface area (Å²) in [6.45, 7) is 27.1. The normalized spacial score (nSPS) is 13.0. The van der Waals surface area contributed by atoms with Crippen molar-refractivity contribution in [3.8, 4) is 11.5 Å². The first-order valence-corrected chi connectivity index (χ1v) is 28.0. The second-order valence-electron chi connectivity index (χ2n) is 22.5. The molecular formula is C64H87NO20. The molecule has 1 heterocycles. The van der Waals surface area contributed by atoms with E-state index in [2.05, 4.69) is 0 Å². The summed E-state index contributed by atoms with van der Waals surface area (Å²) in [5.74, 6) is -2.32. The van der Waals surface area contributed by atoms with Crippen molar-refractivity contribution in [3.63, 3.8) is 0 Å². The van der Waals surface area contributed by atoms with Gasteiger partial charge in [0.05, 0.1) is 110 Å². The average molecular weight is 1190 g/mol. The number of fused-ring (bicyclic) bond motifs is 1. The first-order chi connectivity index (χ1) is 40.1. The molecule has 2 amide bonds. The number of hydrogen-bond donors (Lipinski definition) is 1. The Kier molecular flexibility index (Phi) is 31.7. The minimum atomic E-state index is -0.616. The van der Waals surface area contributed by atoms with Gasteiger partial charge in [-0.2, -0.15) is 0 Å². The lowest BCUT2D eigenvalue weighted by molar-refractivity contribution is -0.149. The lowest BCUT2D eigenvalue weighted by atomic mass is 10.1. The van der Waals surface area contributed by atoms with Gasteiger partial charge in [0.2, 0.25) is 0 Å². The molecule has 0 aromatic heterocycles. The van der Waals surface area contributed by atoms with Gasteiger partial charge in [-0.15, -0.1) is 5.06 Å². The molecule has 0 spiro atoms. The van der Waals surface area contributed by atoms with Crippen LogP contribution in [0.1, 0.15) is 126 Å². The summed E-state index contributed by atoms with van der Waals surface area (Å²) in [6, 6.07) is 16.8. The molecule has 1 aliphatic heterocycles. The minimum absolute atomic E-state index is 0.00820. The molecule has 21 heteroatoms. The fraction of sp³-hybridized carbons (Fsp3) is 0.500. The van der Waals surface area contributed by atoms with Crippen LogP contribution in [0, 0.1) is 0 Å². The maximum atomic E-state index is 12.2. The number of carbonyl (C=O) groups is 6. The van der Waals surface area contributed by atoms with Gasteiger partial charge in [-0.1, -0.05) is 36.4 Å². The van der Waals surface area contributed by atoms with Crippen LogP contribution in [0.3, 0.4) is 0 Å². The van der Waals surface area contributed by atoms with Crippen LogP contribution in [0.25, 0.3) is 24.3 Å². The van der Waals surface area contributed by atoms with Gasteiger partial charge >= 0.3 is 23.9 Å². The van der Waals surface area contributed by atoms with E-state index in [0.717, 1.165) is 5.06 Å². The summed E-state index contributed by atoms with van der Waals surface area (Å²) in [4.78, 5) is 77.5. The highest BCUT2D eigenvalue weighted by molar-refractivity contribution is 6.20. The summed E-state index contributed by atoms with van der Waals surface area (Å²) >= 11 is 0. The molecular weight excluding hydrogens is 1100 g/mol. The van der Waals surface area contributed by atoms with E-state index in [4.69, 9.17) is 61.7 Å². The van der Waals surface area contributed by atoms with Crippen LogP contribution in [-0.4, -0.2) is 174 Å². The van der Waals surface area contributed by atoms with E-state index in [9.17, 15) is 33.9 Å². The molecule has 0 radical (unpaired) electrons. The number of phenolic OH excluding ortho intramolecular Hbond substituents is 1. The van der Waals surface area contributed by atoms with Gasteiger partial charge in [-0.3, -0.25) is 14.4 Å². The van der Waals surface area contributed by atoms with E-state index in [1.54, 1.807) is 156 Å². The Morgan fingerprint density at radius 3 is 1.06 bits per heavy atom. The van der Waals surface area contributed by atoms with E-state index >= 15 is 0 Å². The van der Waals surface area contributed by atoms with Crippen LogP contribution in [0.4, 0.5) is 0 Å². The molecule has 0 fully saturated rings. The molecule has 4 rings (SSSR count). The molecule has 3 aromatic rings. The summed E-state index contributed by atoms with van der Waals surface area (Å²) in [7, 11) is 0. The summed E-state index contributed by atoms with van der Waals surface area (Å²) in [5.41, 5.74) is 0.803. The molecule has 0 unspecified atom stereocenters. The number of hydrogen-bond acceptors (Lipinski definition) is 20. The van der Waals surface area contributed by atoms with Crippen molar-refractivity contribution >= 4 is 60.0 Å². The summed E-state index contributed by atoms with van der Waals surface area (Å²) in [6.07, 6.45) is 11.6. The third-order valence-corrected chi connectivity index (χ3v) is 10.3. The molecule has 0 atom stereocenters. The minimum Gasteiger partial charge on any atom is -0.507 e. The van der Waals surface area contributed by atoms with Crippen molar-refractivity contribution in [1.82, 2.24) is 5.06 Å². The molecule has 1 aliphatic rings. The van der Waals surface area contributed by atoms with E-state index in [-0.39, 0.29) is 25.6 Å². The number of ether oxygens (including phenoxy) is 12. The quantitative estimate of drug-likeness (QED) is 0.0192. The number of benzene rings is 3. The third-order valence-electron chi connectivity index (χ3n) is 10.3. The summed E-state index contributed by atoms with van der Waals surface area (Å²) < 4.78 is 65.6. The van der Waals surface area contributed by atoms with Crippen LogP contribution >= 0.6 is 0 Å². The number of phenols is 1. The predicted molar refractivity (Wildman–Crippen MR) is 318 cm³/mol. The second kappa shape index (κ2) is 37.4. The second-order valence-corrected chi connectivity index (χ2v) is 22.5. The smallest absolute Gasteiger partial charge is 0.331 e. The van der Waals surface area contributed by atoms with Gasteiger partial charge < -0.3 is 61.9 Å². The van der Waals surface area contributed by atoms with Gasteiger partial charge in [0, 0.05) is 35.4 Å². The van der Waals surface area contributed by atoms with Crippen molar-refractivity contribution in [2.75, 3.05) is 106 Å². The van der Waals surface area contributed by atoms with E-state index < -0.39 is 58.1 Å². The zero-order chi connectivity index (χ0) is 62.9. The molecule has 1 N–H and O–H groups in total. The molecule has 0 saturated carbocycles. The highest BCUT2D eigenvalue weighted by atomic mass is 16.7.